The minimum Gasteiger partial charge on any atom is -0.305 e. The third-order valence-corrected chi connectivity index (χ3v) is 6.01. The molecule has 2 aromatic heterocycles. The third kappa shape index (κ3) is 4.84. The Kier molecular flexibility index (Phi) is 7.38. The second kappa shape index (κ2) is 9.98. The van der Waals surface area contributed by atoms with Crippen LogP contribution in [0.5, 0.6) is 0 Å². The van der Waals surface area contributed by atoms with Gasteiger partial charge in [0.2, 0.25) is 0 Å². The Morgan fingerprint density at radius 2 is 1.79 bits per heavy atom. The van der Waals surface area contributed by atoms with Crippen molar-refractivity contribution >= 4 is 11.8 Å². The molecule has 156 valence electrons. The highest BCUT2D eigenvalue weighted by molar-refractivity contribution is 7.99. The van der Waals surface area contributed by atoms with Gasteiger partial charge in [-0.3, -0.25) is 4.90 Å². The van der Waals surface area contributed by atoms with Crippen LogP contribution in [0.2, 0.25) is 0 Å². The molecule has 8 nitrogen and oxygen atoms in total. The molecule has 0 bridgehead atoms. The number of benzene rings is 1. The van der Waals surface area contributed by atoms with Gasteiger partial charge in [-0.05, 0) is 56.4 Å². The first-order valence-electron chi connectivity index (χ1n) is 10.2. The summed E-state index contributed by atoms with van der Waals surface area (Å²) in [5.74, 6) is 1.83. The molecule has 0 saturated heterocycles. The van der Waals surface area contributed by atoms with Crippen molar-refractivity contribution in [2.45, 2.75) is 63.0 Å². The van der Waals surface area contributed by atoms with Crippen LogP contribution in [0.15, 0.2) is 35.5 Å². The van der Waals surface area contributed by atoms with Gasteiger partial charge in [0, 0.05) is 6.54 Å². The average molecular weight is 415 g/mol. The maximum Gasteiger partial charge on any atom is 0.191 e. The summed E-state index contributed by atoms with van der Waals surface area (Å²) >= 11 is 1.66. The Balaban J connectivity index is 1.88. The van der Waals surface area contributed by atoms with Crippen molar-refractivity contribution in [1.82, 2.24) is 39.9 Å². The predicted octanol–water partition coefficient (Wildman–Crippen LogP) is 3.92. The van der Waals surface area contributed by atoms with Gasteiger partial charge in [0.1, 0.15) is 0 Å². The second-order valence-electron chi connectivity index (χ2n) is 7.28. The van der Waals surface area contributed by atoms with Gasteiger partial charge >= 0.3 is 0 Å². The molecule has 2 heterocycles. The van der Waals surface area contributed by atoms with Crippen molar-refractivity contribution < 1.29 is 0 Å². The molecule has 0 aliphatic heterocycles. The molecular formula is C20H30N8S. The Morgan fingerprint density at radius 3 is 2.45 bits per heavy atom. The second-order valence-corrected chi connectivity index (χ2v) is 8.59. The van der Waals surface area contributed by atoms with Crippen LogP contribution < -0.4 is 0 Å². The van der Waals surface area contributed by atoms with E-state index in [9.17, 15) is 0 Å². The summed E-state index contributed by atoms with van der Waals surface area (Å²) in [5, 5.41) is 22.4. The Bertz CT molecular complexity index is 889. The van der Waals surface area contributed by atoms with E-state index < -0.39 is 0 Å². The van der Waals surface area contributed by atoms with Gasteiger partial charge in [-0.1, -0.05) is 50.2 Å². The molecule has 0 radical (unpaired) electrons. The number of hydrogen-bond donors (Lipinski definition) is 0. The molecule has 0 fully saturated rings. The number of nitrogens with zero attached hydrogens (tertiary/aromatic N) is 8. The Labute approximate surface area is 176 Å². The lowest BCUT2D eigenvalue weighted by Gasteiger charge is -2.23. The summed E-state index contributed by atoms with van der Waals surface area (Å²) in [7, 11) is 4.19. The van der Waals surface area contributed by atoms with Crippen molar-refractivity contribution in [2.24, 2.45) is 0 Å². The standard InChI is InChI=1S/C20H30N8S/c1-6-8-14-27-19(17(7-2)26(4)5)21-23-20(27)29-15(3)18-22-24-25-28(18)16-12-10-9-11-13-16/h9-13,15,17H,6-8,14H2,1-5H3. The lowest BCUT2D eigenvalue weighted by Crippen LogP contribution is -2.23. The number of hydrogen-bond acceptors (Lipinski definition) is 7. The maximum atomic E-state index is 4.57. The lowest BCUT2D eigenvalue weighted by atomic mass is 10.2. The van der Waals surface area contributed by atoms with Crippen molar-refractivity contribution in [3.05, 3.63) is 42.0 Å². The van der Waals surface area contributed by atoms with E-state index in [1.807, 2.05) is 30.3 Å². The number of thioether (sulfide) groups is 1. The number of tetrazole rings is 1. The molecule has 2 unspecified atom stereocenters. The zero-order valence-electron chi connectivity index (χ0n) is 17.9. The minimum atomic E-state index is 0.0297. The zero-order chi connectivity index (χ0) is 20.8. The molecule has 0 spiro atoms. The van der Waals surface area contributed by atoms with E-state index in [1.165, 1.54) is 0 Å². The van der Waals surface area contributed by atoms with Crippen LogP contribution in [0.1, 0.15) is 63.0 Å². The van der Waals surface area contributed by atoms with E-state index in [1.54, 1.807) is 16.4 Å². The fourth-order valence-electron chi connectivity index (χ4n) is 3.35. The predicted molar refractivity (Wildman–Crippen MR) is 115 cm³/mol. The van der Waals surface area contributed by atoms with Gasteiger partial charge in [-0.25, -0.2) is 0 Å². The van der Waals surface area contributed by atoms with Crippen LogP contribution in [0, 0.1) is 0 Å². The largest absolute Gasteiger partial charge is 0.305 e. The van der Waals surface area contributed by atoms with E-state index in [4.69, 9.17) is 0 Å². The lowest BCUT2D eigenvalue weighted by molar-refractivity contribution is 0.270. The van der Waals surface area contributed by atoms with Crippen molar-refractivity contribution in [2.75, 3.05) is 14.1 Å². The highest BCUT2D eigenvalue weighted by Crippen LogP contribution is 2.35. The fourth-order valence-corrected chi connectivity index (χ4v) is 4.32. The monoisotopic (exact) mass is 414 g/mol. The van der Waals surface area contributed by atoms with Crippen LogP contribution >= 0.6 is 11.8 Å². The molecule has 3 rings (SSSR count). The van der Waals surface area contributed by atoms with Crippen molar-refractivity contribution in [3.8, 4) is 5.69 Å². The first-order valence-corrected chi connectivity index (χ1v) is 11.0. The van der Waals surface area contributed by atoms with Crippen LogP contribution in [0.3, 0.4) is 0 Å². The van der Waals surface area contributed by atoms with Gasteiger partial charge in [0.15, 0.2) is 16.8 Å². The molecule has 1 aromatic carbocycles. The minimum absolute atomic E-state index is 0.0297. The number of unbranched alkanes of at least 4 members (excludes halogenated alkanes) is 1. The number of para-hydroxylation sites is 1. The van der Waals surface area contributed by atoms with Gasteiger partial charge < -0.3 is 4.57 Å². The van der Waals surface area contributed by atoms with Crippen LogP contribution in [-0.2, 0) is 6.54 Å². The third-order valence-electron chi connectivity index (χ3n) is 4.93. The van der Waals surface area contributed by atoms with E-state index in [0.717, 1.165) is 48.3 Å². The van der Waals surface area contributed by atoms with Gasteiger partial charge in [0.05, 0.1) is 17.0 Å². The van der Waals surface area contributed by atoms with Gasteiger partial charge in [-0.2, -0.15) is 4.68 Å². The molecule has 0 N–H and O–H groups in total. The molecule has 3 aromatic rings. The summed E-state index contributed by atoms with van der Waals surface area (Å²) < 4.78 is 4.06. The highest BCUT2D eigenvalue weighted by atomic mass is 32.2. The number of rotatable bonds is 10. The Hall–Kier alpha value is -2.26. The maximum absolute atomic E-state index is 4.57. The van der Waals surface area contributed by atoms with E-state index in [-0.39, 0.29) is 11.3 Å². The van der Waals surface area contributed by atoms with E-state index >= 15 is 0 Å². The van der Waals surface area contributed by atoms with E-state index in [2.05, 4.69) is 70.1 Å². The first kappa shape index (κ1) is 21.4. The SMILES string of the molecule is CCCCn1c(SC(C)c2nnnn2-c2ccccc2)nnc1C(CC)N(C)C. The summed E-state index contributed by atoms with van der Waals surface area (Å²) in [6.07, 6.45) is 3.21. The van der Waals surface area contributed by atoms with Gasteiger partial charge in [-0.15, -0.1) is 15.3 Å². The molecule has 0 aliphatic carbocycles. The van der Waals surface area contributed by atoms with Crippen LogP contribution in [0.25, 0.3) is 5.69 Å². The van der Waals surface area contributed by atoms with Crippen molar-refractivity contribution in [3.63, 3.8) is 0 Å². The Morgan fingerprint density at radius 1 is 1.03 bits per heavy atom. The normalized spacial score (nSPS) is 13.7. The van der Waals surface area contributed by atoms with Crippen molar-refractivity contribution in [1.29, 1.82) is 0 Å². The first-order chi connectivity index (χ1) is 14.1. The highest BCUT2D eigenvalue weighted by Gasteiger charge is 2.25. The topological polar surface area (TPSA) is 77.5 Å². The average Bonchev–Trinajstić information content (AvgIpc) is 3.35. The van der Waals surface area contributed by atoms with Crippen LogP contribution in [0.4, 0.5) is 0 Å². The smallest absolute Gasteiger partial charge is 0.191 e. The molecule has 2 atom stereocenters. The number of aromatic nitrogens is 7. The zero-order valence-corrected chi connectivity index (χ0v) is 18.7. The summed E-state index contributed by atoms with van der Waals surface area (Å²) in [6.45, 7) is 7.42. The summed E-state index contributed by atoms with van der Waals surface area (Å²) in [5.41, 5.74) is 0.951. The summed E-state index contributed by atoms with van der Waals surface area (Å²) in [4.78, 5) is 2.21. The quantitative estimate of drug-likeness (QED) is 0.465. The molecule has 0 aliphatic rings. The molecule has 9 heteroatoms. The molecule has 29 heavy (non-hydrogen) atoms. The fraction of sp³-hybridized carbons (Fsp3) is 0.550. The molecule has 0 amide bonds. The molecule has 0 saturated carbocycles. The summed E-state index contributed by atoms with van der Waals surface area (Å²) in [6, 6.07) is 10.2. The van der Waals surface area contributed by atoms with Crippen LogP contribution in [-0.4, -0.2) is 54.0 Å². The van der Waals surface area contributed by atoms with E-state index in [0.29, 0.717) is 0 Å². The van der Waals surface area contributed by atoms with Gasteiger partial charge in [0.25, 0.3) is 0 Å². The molecular weight excluding hydrogens is 384 g/mol.